The van der Waals surface area contributed by atoms with Crippen LogP contribution in [0.1, 0.15) is 10.5 Å². The minimum absolute atomic E-state index is 0.00203. The van der Waals surface area contributed by atoms with Gasteiger partial charge in [-0.15, -0.1) is 0 Å². The van der Waals surface area contributed by atoms with Crippen molar-refractivity contribution in [2.45, 2.75) is 0 Å². The van der Waals surface area contributed by atoms with Crippen LogP contribution in [0, 0.1) is 5.82 Å². The lowest BCUT2D eigenvalue weighted by atomic mass is 10.3. The van der Waals surface area contributed by atoms with E-state index in [1.54, 1.807) is 18.2 Å². The van der Waals surface area contributed by atoms with Crippen LogP contribution in [-0.4, -0.2) is 20.7 Å². The first-order valence-corrected chi connectivity index (χ1v) is 7.23. The van der Waals surface area contributed by atoms with E-state index in [0.29, 0.717) is 5.69 Å². The van der Waals surface area contributed by atoms with E-state index >= 15 is 0 Å². The number of halogens is 3. The molecule has 5 nitrogen and oxygen atoms in total. The van der Waals surface area contributed by atoms with Gasteiger partial charge in [-0.2, -0.15) is 5.10 Å². The standard InChI is InChI=1S/C15H9Cl2FN4O/c16-10-5-6-13(17)21-14(10)15(23)20-9-7-19-22(8-9)12-4-2-1-3-11(12)18/h1-8H,(H,20,23). The number of carbonyl (C=O) groups is 1. The van der Waals surface area contributed by atoms with Gasteiger partial charge in [0.05, 0.1) is 23.1 Å². The molecule has 23 heavy (non-hydrogen) atoms. The van der Waals surface area contributed by atoms with Crippen molar-refractivity contribution in [3.8, 4) is 5.69 Å². The Hall–Kier alpha value is -2.44. The van der Waals surface area contributed by atoms with E-state index in [9.17, 15) is 9.18 Å². The van der Waals surface area contributed by atoms with Gasteiger partial charge in [-0.1, -0.05) is 35.3 Å². The van der Waals surface area contributed by atoms with Crippen molar-refractivity contribution in [1.82, 2.24) is 14.8 Å². The third-order valence-electron chi connectivity index (χ3n) is 2.97. The van der Waals surface area contributed by atoms with Crippen molar-refractivity contribution in [3.63, 3.8) is 0 Å². The minimum atomic E-state index is -0.536. The largest absolute Gasteiger partial charge is 0.318 e. The van der Waals surface area contributed by atoms with Crippen molar-refractivity contribution >= 4 is 34.8 Å². The van der Waals surface area contributed by atoms with Crippen LogP contribution in [-0.2, 0) is 0 Å². The second-order valence-electron chi connectivity index (χ2n) is 4.54. The average Bonchev–Trinajstić information content (AvgIpc) is 2.98. The number of aromatic nitrogens is 3. The lowest BCUT2D eigenvalue weighted by Gasteiger charge is -2.04. The normalized spacial score (nSPS) is 10.6. The van der Waals surface area contributed by atoms with Gasteiger partial charge >= 0.3 is 0 Å². The molecule has 0 radical (unpaired) electrons. The quantitative estimate of drug-likeness (QED) is 0.727. The molecule has 3 aromatic rings. The monoisotopic (exact) mass is 350 g/mol. The summed E-state index contributed by atoms with van der Waals surface area (Å²) in [6, 6.07) is 9.13. The summed E-state index contributed by atoms with van der Waals surface area (Å²) in [6.45, 7) is 0. The Balaban J connectivity index is 1.83. The maximum Gasteiger partial charge on any atom is 0.275 e. The second kappa shape index (κ2) is 6.36. The maximum atomic E-state index is 13.7. The predicted octanol–water partition coefficient (Wildman–Crippen LogP) is 3.97. The Morgan fingerprint density at radius 2 is 1.96 bits per heavy atom. The van der Waals surface area contributed by atoms with Gasteiger partial charge < -0.3 is 5.32 Å². The van der Waals surface area contributed by atoms with E-state index in [1.165, 1.54) is 35.3 Å². The molecule has 2 aromatic heterocycles. The molecule has 3 rings (SSSR count). The van der Waals surface area contributed by atoms with E-state index in [2.05, 4.69) is 15.4 Å². The first-order valence-electron chi connectivity index (χ1n) is 6.47. The van der Waals surface area contributed by atoms with Gasteiger partial charge in [-0.05, 0) is 24.3 Å². The molecule has 0 bridgehead atoms. The zero-order valence-corrected chi connectivity index (χ0v) is 13.0. The molecular weight excluding hydrogens is 342 g/mol. The van der Waals surface area contributed by atoms with Crippen LogP contribution in [0.25, 0.3) is 5.69 Å². The van der Waals surface area contributed by atoms with E-state index < -0.39 is 11.7 Å². The number of nitrogens with one attached hydrogen (secondary N) is 1. The van der Waals surface area contributed by atoms with Crippen LogP contribution in [0.3, 0.4) is 0 Å². The summed E-state index contributed by atoms with van der Waals surface area (Å²) in [5, 5.41) is 6.93. The number of nitrogens with zero attached hydrogens (tertiary/aromatic N) is 3. The van der Waals surface area contributed by atoms with Crippen LogP contribution in [0.5, 0.6) is 0 Å². The van der Waals surface area contributed by atoms with E-state index in [4.69, 9.17) is 23.2 Å². The van der Waals surface area contributed by atoms with E-state index in [-0.39, 0.29) is 21.6 Å². The average molecular weight is 351 g/mol. The van der Waals surface area contributed by atoms with Crippen LogP contribution in [0.4, 0.5) is 10.1 Å². The fourth-order valence-corrected chi connectivity index (χ4v) is 2.26. The third-order valence-corrected chi connectivity index (χ3v) is 3.48. The van der Waals surface area contributed by atoms with Gasteiger partial charge in [0, 0.05) is 0 Å². The Bertz CT molecular complexity index is 881. The number of carbonyl (C=O) groups excluding carboxylic acids is 1. The van der Waals surface area contributed by atoms with Crippen molar-refractivity contribution in [2.24, 2.45) is 0 Å². The molecule has 0 aliphatic carbocycles. The number of para-hydroxylation sites is 1. The van der Waals surface area contributed by atoms with Crippen molar-refractivity contribution in [2.75, 3.05) is 5.32 Å². The lowest BCUT2D eigenvalue weighted by Crippen LogP contribution is -2.14. The molecule has 8 heteroatoms. The Morgan fingerprint density at radius 3 is 2.74 bits per heavy atom. The molecule has 1 N–H and O–H groups in total. The summed E-state index contributed by atoms with van der Waals surface area (Å²) in [5.41, 5.74) is 0.640. The summed E-state index contributed by atoms with van der Waals surface area (Å²) < 4.78 is 15.0. The van der Waals surface area contributed by atoms with E-state index in [0.717, 1.165) is 0 Å². The van der Waals surface area contributed by atoms with Gasteiger partial charge in [-0.25, -0.2) is 14.1 Å². The molecule has 0 saturated heterocycles. The fourth-order valence-electron chi connectivity index (χ4n) is 1.92. The van der Waals surface area contributed by atoms with Gasteiger partial charge in [0.2, 0.25) is 0 Å². The molecule has 1 amide bonds. The van der Waals surface area contributed by atoms with Crippen molar-refractivity contribution < 1.29 is 9.18 Å². The molecule has 2 heterocycles. The minimum Gasteiger partial charge on any atom is -0.318 e. The maximum absolute atomic E-state index is 13.7. The first-order chi connectivity index (χ1) is 11.0. The topological polar surface area (TPSA) is 59.8 Å². The van der Waals surface area contributed by atoms with Crippen molar-refractivity contribution in [3.05, 3.63) is 70.5 Å². The van der Waals surface area contributed by atoms with Gasteiger partial charge in [0.25, 0.3) is 5.91 Å². The molecule has 0 aliphatic rings. The lowest BCUT2D eigenvalue weighted by molar-refractivity contribution is 0.102. The SMILES string of the molecule is O=C(Nc1cnn(-c2ccccc2F)c1)c1nc(Cl)ccc1Cl. The molecule has 1 aromatic carbocycles. The van der Waals surface area contributed by atoms with Crippen LogP contribution in [0.15, 0.2) is 48.8 Å². The second-order valence-corrected chi connectivity index (χ2v) is 5.34. The smallest absolute Gasteiger partial charge is 0.275 e. The molecule has 0 fully saturated rings. The third kappa shape index (κ3) is 3.33. The summed E-state index contributed by atoms with van der Waals surface area (Å²) in [5.74, 6) is -0.960. The zero-order chi connectivity index (χ0) is 16.4. The number of rotatable bonds is 3. The number of benzene rings is 1. The van der Waals surface area contributed by atoms with Gasteiger partial charge in [0.1, 0.15) is 22.4 Å². The zero-order valence-electron chi connectivity index (χ0n) is 11.5. The molecule has 0 saturated carbocycles. The predicted molar refractivity (Wildman–Crippen MR) is 85.7 cm³/mol. The van der Waals surface area contributed by atoms with Crippen LogP contribution >= 0.6 is 23.2 Å². The molecular formula is C15H9Cl2FN4O. The Morgan fingerprint density at radius 1 is 1.17 bits per heavy atom. The number of anilines is 1. The molecule has 0 spiro atoms. The van der Waals surface area contributed by atoms with Crippen LogP contribution in [0.2, 0.25) is 10.2 Å². The Kier molecular flexibility index (Phi) is 4.27. The first kappa shape index (κ1) is 15.5. The summed E-state index contributed by atoms with van der Waals surface area (Å²) in [6.07, 6.45) is 2.87. The fraction of sp³-hybridized carbons (Fsp3) is 0. The summed E-state index contributed by atoms with van der Waals surface area (Å²) >= 11 is 11.7. The highest BCUT2D eigenvalue weighted by molar-refractivity contribution is 6.35. The number of amides is 1. The molecule has 116 valence electrons. The molecule has 0 atom stereocenters. The highest BCUT2D eigenvalue weighted by atomic mass is 35.5. The molecule has 0 aliphatic heterocycles. The van der Waals surface area contributed by atoms with Gasteiger partial charge in [0.15, 0.2) is 0 Å². The number of hydrogen-bond acceptors (Lipinski definition) is 3. The molecule has 0 unspecified atom stereocenters. The highest BCUT2D eigenvalue weighted by Crippen LogP contribution is 2.19. The van der Waals surface area contributed by atoms with Crippen molar-refractivity contribution in [1.29, 1.82) is 0 Å². The van der Waals surface area contributed by atoms with Crippen LogP contribution < -0.4 is 5.32 Å². The van der Waals surface area contributed by atoms with Gasteiger partial charge in [-0.3, -0.25) is 4.79 Å². The number of pyridine rings is 1. The Labute approximate surface area is 140 Å². The van der Waals surface area contributed by atoms with E-state index in [1.807, 2.05) is 0 Å². The summed E-state index contributed by atoms with van der Waals surface area (Å²) in [7, 11) is 0. The summed E-state index contributed by atoms with van der Waals surface area (Å²) in [4.78, 5) is 16.1. The highest BCUT2D eigenvalue weighted by Gasteiger charge is 2.14. The number of hydrogen-bond donors (Lipinski definition) is 1.